The molecule has 2 rings (SSSR count). The quantitative estimate of drug-likeness (QED) is 0.163. The fraction of sp³-hybridized carbons (Fsp3) is 0.714. The maximum absolute atomic E-state index is 13.7. The number of hydrogen-bond acceptors (Lipinski definition) is 6. The first kappa shape index (κ1) is 37.9. The topological polar surface area (TPSA) is 119 Å². The highest BCUT2D eigenvalue weighted by Crippen LogP contribution is 2.29. The Hall–Kier alpha value is -2.25. The summed E-state index contributed by atoms with van der Waals surface area (Å²) in [7, 11) is -1.23. The monoisotopic (exact) mass is 631 g/mol. The van der Waals surface area contributed by atoms with Crippen LogP contribution in [0.25, 0.3) is 0 Å². The number of rotatable bonds is 20. The minimum Gasteiger partial charge on any atom is -0.390 e. The normalized spacial score (nSPS) is 18.2. The lowest BCUT2D eigenvalue weighted by atomic mass is 9.82. The van der Waals surface area contributed by atoms with E-state index >= 15 is 0 Å². The molecule has 6 atom stereocenters. The number of aliphatic hydroxyl groups is 2. The van der Waals surface area contributed by atoms with Gasteiger partial charge in [-0.3, -0.25) is 13.8 Å². The van der Waals surface area contributed by atoms with E-state index in [0.717, 1.165) is 44.3 Å². The Morgan fingerprint density at radius 1 is 1.05 bits per heavy atom. The highest BCUT2D eigenvalue weighted by molar-refractivity contribution is 7.85. The van der Waals surface area contributed by atoms with E-state index in [-0.39, 0.29) is 24.0 Å². The van der Waals surface area contributed by atoms with E-state index in [2.05, 4.69) is 35.3 Å². The van der Waals surface area contributed by atoms with Gasteiger partial charge >= 0.3 is 0 Å². The Morgan fingerprint density at radius 3 is 2.30 bits per heavy atom. The average molecular weight is 632 g/mol. The number of nitrogens with one attached hydrogen (secondary N) is 2. The van der Waals surface area contributed by atoms with Crippen molar-refractivity contribution in [3.63, 3.8) is 0 Å². The molecule has 1 aromatic rings. The smallest absolute Gasteiger partial charge is 0.243 e. The lowest BCUT2D eigenvalue weighted by Crippen LogP contribution is -2.56. The van der Waals surface area contributed by atoms with Gasteiger partial charge in [0.05, 0.1) is 18.1 Å². The number of benzene rings is 1. The molecule has 0 aliphatic heterocycles. The Morgan fingerprint density at radius 2 is 1.70 bits per heavy atom. The number of carbonyl (C=O) groups excluding carboxylic acids is 2. The van der Waals surface area contributed by atoms with Crippen LogP contribution in [0, 0.1) is 30.1 Å². The van der Waals surface area contributed by atoms with Crippen molar-refractivity contribution in [1.82, 2.24) is 15.5 Å². The summed E-state index contributed by atoms with van der Waals surface area (Å²) < 4.78 is 13.1. The fourth-order valence-electron chi connectivity index (χ4n) is 6.06. The minimum atomic E-state index is -1.23. The summed E-state index contributed by atoms with van der Waals surface area (Å²) in [5.41, 5.74) is 0.946. The molecule has 1 aromatic carbocycles. The van der Waals surface area contributed by atoms with E-state index < -0.39 is 46.9 Å². The molecule has 0 bridgehead atoms. The first-order valence-electron chi connectivity index (χ1n) is 16.6. The zero-order valence-corrected chi connectivity index (χ0v) is 28.2. The van der Waals surface area contributed by atoms with Crippen LogP contribution in [-0.2, 0) is 26.8 Å². The average Bonchev–Trinajstić information content (AvgIpc) is 3.00. The molecule has 2 amide bonds. The number of amides is 2. The van der Waals surface area contributed by atoms with E-state index in [1.165, 1.54) is 6.42 Å². The summed E-state index contributed by atoms with van der Waals surface area (Å²) in [4.78, 5) is 29.5. The molecule has 44 heavy (non-hydrogen) atoms. The van der Waals surface area contributed by atoms with Crippen molar-refractivity contribution in [2.45, 2.75) is 110 Å². The lowest BCUT2D eigenvalue weighted by molar-refractivity contribution is -0.132. The molecule has 0 aromatic heterocycles. The first-order valence-corrected chi connectivity index (χ1v) is 18.1. The van der Waals surface area contributed by atoms with Crippen molar-refractivity contribution in [2.75, 3.05) is 31.1 Å². The van der Waals surface area contributed by atoms with Crippen LogP contribution in [0.2, 0.25) is 0 Å². The van der Waals surface area contributed by atoms with Crippen molar-refractivity contribution in [3.8, 4) is 12.3 Å². The van der Waals surface area contributed by atoms with E-state index in [1.807, 2.05) is 44.2 Å². The summed E-state index contributed by atoms with van der Waals surface area (Å²) >= 11 is 0. The molecule has 9 heteroatoms. The van der Waals surface area contributed by atoms with Gasteiger partial charge in [0.2, 0.25) is 11.8 Å². The number of carbonyl (C=O) groups is 2. The van der Waals surface area contributed by atoms with Gasteiger partial charge in [0.1, 0.15) is 12.1 Å². The van der Waals surface area contributed by atoms with E-state index in [9.17, 15) is 24.0 Å². The predicted octanol–water partition coefficient (Wildman–Crippen LogP) is 3.67. The van der Waals surface area contributed by atoms with Gasteiger partial charge in [-0.05, 0) is 49.8 Å². The molecular formula is C35H57N3O5S. The standard InChI is InChI=1S/C35H57N3O5S/c1-6-15-30(35(42)37-31(24-28-18-13-10-14-19-28)33(40)32(39)22-26(4)5)36-34(41)29(23-27-16-11-9-12-17-27)25-44(43)21-20-38(7-2)8-3/h1,9,11-12,16-17,26,28-33,39-40H,7-8,10,13-15,18-25H2,2-5H3,(H,36,41)(H,37,42)/t29-,30-,31-,32-,33+,44?/m0/s1. The number of nitrogens with zero attached hydrogens (tertiary/aromatic N) is 1. The van der Waals surface area contributed by atoms with E-state index in [1.54, 1.807) is 0 Å². The van der Waals surface area contributed by atoms with Gasteiger partial charge in [-0.15, -0.1) is 12.3 Å². The third kappa shape index (κ3) is 13.8. The van der Waals surface area contributed by atoms with E-state index in [4.69, 9.17) is 6.42 Å². The number of hydrogen-bond donors (Lipinski definition) is 4. The minimum absolute atomic E-state index is 0.0263. The van der Waals surface area contributed by atoms with Crippen molar-refractivity contribution in [1.29, 1.82) is 0 Å². The summed E-state index contributed by atoms with van der Waals surface area (Å²) in [5, 5.41) is 27.7. The number of aliphatic hydroxyl groups excluding tert-OH is 2. The van der Waals surface area contributed by atoms with Crippen LogP contribution in [0.3, 0.4) is 0 Å². The molecule has 8 nitrogen and oxygen atoms in total. The van der Waals surface area contributed by atoms with Crippen molar-refractivity contribution >= 4 is 22.6 Å². The second-order valence-electron chi connectivity index (χ2n) is 12.7. The van der Waals surface area contributed by atoms with Gasteiger partial charge in [-0.25, -0.2) is 0 Å². The van der Waals surface area contributed by atoms with Crippen LogP contribution < -0.4 is 10.6 Å². The molecule has 0 spiro atoms. The van der Waals surface area contributed by atoms with Gasteiger partial charge < -0.3 is 25.7 Å². The van der Waals surface area contributed by atoms with E-state index in [0.29, 0.717) is 37.5 Å². The summed E-state index contributed by atoms with van der Waals surface area (Å²) in [6.07, 6.45) is 10.3. The third-order valence-corrected chi connectivity index (χ3v) is 10.1. The Balaban J connectivity index is 2.19. The first-order chi connectivity index (χ1) is 21.1. The molecular weight excluding hydrogens is 574 g/mol. The van der Waals surface area contributed by atoms with Crippen LogP contribution in [0.15, 0.2) is 30.3 Å². The summed E-state index contributed by atoms with van der Waals surface area (Å²) in [6.45, 7) is 10.5. The molecule has 1 saturated carbocycles. The highest BCUT2D eigenvalue weighted by Gasteiger charge is 2.34. The molecule has 248 valence electrons. The second-order valence-corrected chi connectivity index (χ2v) is 14.4. The molecule has 1 aliphatic rings. The predicted molar refractivity (Wildman–Crippen MR) is 179 cm³/mol. The molecule has 0 radical (unpaired) electrons. The molecule has 0 saturated heterocycles. The number of terminal acetylenes is 1. The van der Waals surface area contributed by atoms with Gasteiger partial charge in [-0.1, -0.05) is 90.1 Å². The van der Waals surface area contributed by atoms with Gasteiger partial charge in [0, 0.05) is 35.3 Å². The Labute approximate surface area is 268 Å². The lowest BCUT2D eigenvalue weighted by Gasteiger charge is -2.33. The van der Waals surface area contributed by atoms with Crippen LogP contribution >= 0.6 is 0 Å². The second kappa shape index (κ2) is 20.7. The largest absolute Gasteiger partial charge is 0.390 e. The van der Waals surface area contributed by atoms with Crippen LogP contribution in [0.5, 0.6) is 0 Å². The SMILES string of the molecule is C#CC[C@H](NC(=O)[C@@H](Cc1ccccc1)CS(=O)CCN(CC)CC)C(=O)N[C@@H](CC1CCCCC1)[C@@H](O)[C@@H](O)CC(C)C. The van der Waals surface area contributed by atoms with Crippen molar-refractivity contribution in [2.24, 2.45) is 17.8 Å². The molecule has 4 N–H and O–H groups in total. The maximum Gasteiger partial charge on any atom is 0.243 e. The highest BCUT2D eigenvalue weighted by atomic mass is 32.2. The third-order valence-electron chi connectivity index (χ3n) is 8.73. The van der Waals surface area contributed by atoms with Gasteiger partial charge in [0.25, 0.3) is 0 Å². The maximum atomic E-state index is 13.7. The summed E-state index contributed by atoms with van der Waals surface area (Å²) in [5.74, 6) is 2.22. The zero-order valence-electron chi connectivity index (χ0n) is 27.4. The molecule has 1 aliphatic carbocycles. The summed E-state index contributed by atoms with van der Waals surface area (Å²) in [6, 6.07) is 7.91. The molecule has 0 heterocycles. The van der Waals surface area contributed by atoms with Crippen LogP contribution in [0.1, 0.15) is 84.6 Å². The Kier molecular flexibility index (Phi) is 17.9. The van der Waals surface area contributed by atoms with Crippen molar-refractivity contribution < 1.29 is 24.0 Å². The van der Waals surface area contributed by atoms with Crippen LogP contribution in [-0.4, -0.2) is 86.6 Å². The van der Waals surface area contributed by atoms with Crippen molar-refractivity contribution in [3.05, 3.63) is 35.9 Å². The zero-order chi connectivity index (χ0) is 32.5. The molecule has 1 fully saturated rings. The molecule has 1 unspecified atom stereocenters. The van der Waals surface area contributed by atoms with Gasteiger partial charge in [-0.2, -0.15) is 0 Å². The fourth-order valence-corrected chi connectivity index (χ4v) is 7.41. The van der Waals surface area contributed by atoms with Crippen LogP contribution in [0.4, 0.5) is 0 Å². The van der Waals surface area contributed by atoms with Gasteiger partial charge in [0.15, 0.2) is 0 Å². The Bertz CT molecular complexity index is 1040.